The van der Waals surface area contributed by atoms with Crippen LogP contribution in [-0.2, 0) is 0 Å². The smallest absolute Gasteiger partial charge is 0.233 e. The molecule has 2 heterocycles. The number of benzene rings is 1. The third-order valence-corrected chi connectivity index (χ3v) is 5.79. The van der Waals surface area contributed by atoms with Crippen molar-refractivity contribution in [1.82, 2.24) is 25.1 Å². The highest BCUT2D eigenvalue weighted by molar-refractivity contribution is 6.35. The lowest BCUT2D eigenvalue weighted by Crippen LogP contribution is -2.13. The summed E-state index contributed by atoms with van der Waals surface area (Å²) in [6.07, 6.45) is 4.66. The summed E-state index contributed by atoms with van der Waals surface area (Å²) in [4.78, 5) is 13.8. The van der Waals surface area contributed by atoms with Crippen LogP contribution in [-0.4, -0.2) is 25.1 Å². The molecule has 0 saturated heterocycles. The van der Waals surface area contributed by atoms with Gasteiger partial charge in [0.15, 0.2) is 5.82 Å². The lowest BCUT2D eigenvalue weighted by molar-refractivity contribution is 0.830. The summed E-state index contributed by atoms with van der Waals surface area (Å²) in [5.41, 5.74) is 2.09. The highest BCUT2D eigenvalue weighted by Crippen LogP contribution is 2.40. The average molecular weight is 430 g/mol. The summed E-state index contributed by atoms with van der Waals surface area (Å²) in [5.74, 6) is 3.54. The lowest BCUT2D eigenvalue weighted by Gasteiger charge is -2.17. The normalized spacial score (nSPS) is 17.2. The van der Waals surface area contributed by atoms with Crippen LogP contribution >= 0.6 is 23.2 Å². The molecule has 9 heteroatoms. The predicted molar refractivity (Wildman–Crippen MR) is 114 cm³/mol. The van der Waals surface area contributed by atoms with E-state index >= 15 is 0 Å². The molecule has 0 aliphatic heterocycles. The van der Waals surface area contributed by atoms with E-state index in [0.717, 1.165) is 35.7 Å². The Balaban J connectivity index is 1.38. The van der Waals surface area contributed by atoms with Crippen molar-refractivity contribution < 1.29 is 0 Å². The maximum Gasteiger partial charge on any atom is 0.233 e. The van der Waals surface area contributed by atoms with Crippen LogP contribution in [0.2, 0.25) is 10.0 Å². The maximum absolute atomic E-state index is 6.35. The fraction of sp³-hybridized carbons (Fsp3) is 0.400. The van der Waals surface area contributed by atoms with Gasteiger partial charge in [0.25, 0.3) is 0 Å². The van der Waals surface area contributed by atoms with Gasteiger partial charge in [-0.15, -0.1) is 0 Å². The molecule has 7 nitrogen and oxygen atoms in total. The molecule has 3 aromatic rings. The molecule has 1 atom stereocenters. The van der Waals surface area contributed by atoms with Crippen LogP contribution in [0.3, 0.4) is 0 Å². The molecule has 5 rings (SSSR count). The predicted octanol–water partition coefficient (Wildman–Crippen LogP) is 5.57. The van der Waals surface area contributed by atoms with Gasteiger partial charge >= 0.3 is 0 Å². The van der Waals surface area contributed by atoms with Crippen LogP contribution in [0.1, 0.15) is 67.6 Å². The minimum atomic E-state index is -0.0890. The fourth-order valence-corrected chi connectivity index (χ4v) is 3.85. The van der Waals surface area contributed by atoms with E-state index in [1.165, 1.54) is 12.8 Å². The molecule has 150 valence electrons. The molecule has 1 aromatic carbocycles. The number of aromatic nitrogens is 5. The fourth-order valence-electron chi connectivity index (χ4n) is 3.28. The molecule has 1 unspecified atom stereocenters. The number of nitrogens with zero attached hydrogens (tertiary/aromatic N) is 4. The van der Waals surface area contributed by atoms with Gasteiger partial charge in [-0.3, -0.25) is 5.10 Å². The van der Waals surface area contributed by atoms with Gasteiger partial charge in [-0.1, -0.05) is 29.3 Å². The van der Waals surface area contributed by atoms with E-state index in [1.54, 1.807) is 6.07 Å². The van der Waals surface area contributed by atoms with Crippen molar-refractivity contribution in [1.29, 1.82) is 0 Å². The number of aromatic amines is 1. The second-order valence-corrected chi connectivity index (χ2v) is 8.60. The van der Waals surface area contributed by atoms with Gasteiger partial charge < -0.3 is 10.6 Å². The van der Waals surface area contributed by atoms with Crippen molar-refractivity contribution in [3.8, 4) is 0 Å². The first-order valence-electron chi connectivity index (χ1n) is 9.85. The van der Waals surface area contributed by atoms with Gasteiger partial charge in [0, 0.05) is 33.6 Å². The molecule has 2 aliphatic carbocycles. The first kappa shape index (κ1) is 18.6. The minimum Gasteiger partial charge on any atom is -0.347 e. The van der Waals surface area contributed by atoms with Crippen molar-refractivity contribution in [2.24, 2.45) is 0 Å². The molecule has 0 bridgehead atoms. The molecule has 2 fully saturated rings. The molecule has 29 heavy (non-hydrogen) atoms. The summed E-state index contributed by atoms with van der Waals surface area (Å²) in [5, 5.41) is 15.2. The average Bonchev–Trinajstić information content (AvgIpc) is 3.60. The van der Waals surface area contributed by atoms with Crippen LogP contribution < -0.4 is 10.6 Å². The van der Waals surface area contributed by atoms with E-state index in [4.69, 9.17) is 23.2 Å². The molecule has 2 saturated carbocycles. The van der Waals surface area contributed by atoms with Crippen molar-refractivity contribution in [3.63, 3.8) is 0 Å². The number of rotatable bonds is 7. The first-order valence-corrected chi connectivity index (χ1v) is 10.6. The van der Waals surface area contributed by atoms with Gasteiger partial charge in [-0.25, -0.2) is 0 Å². The molecule has 0 radical (unpaired) electrons. The number of H-pyrrole nitrogens is 1. The largest absolute Gasteiger partial charge is 0.347 e. The van der Waals surface area contributed by atoms with E-state index in [1.807, 2.05) is 25.1 Å². The number of halogens is 2. The van der Waals surface area contributed by atoms with Crippen molar-refractivity contribution in [3.05, 3.63) is 51.4 Å². The number of anilines is 3. The van der Waals surface area contributed by atoms with Gasteiger partial charge in [-0.05, 0) is 50.3 Å². The summed E-state index contributed by atoms with van der Waals surface area (Å²) in [7, 11) is 0. The summed E-state index contributed by atoms with van der Waals surface area (Å²) >= 11 is 12.4. The zero-order valence-electron chi connectivity index (χ0n) is 15.9. The van der Waals surface area contributed by atoms with Crippen LogP contribution in [0.15, 0.2) is 24.3 Å². The molecule has 3 N–H and O–H groups in total. The second-order valence-electron chi connectivity index (χ2n) is 7.75. The Morgan fingerprint density at radius 1 is 1.00 bits per heavy atom. The Morgan fingerprint density at radius 2 is 1.76 bits per heavy atom. The van der Waals surface area contributed by atoms with Gasteiger partial charge in [-0.2, -0.15) is 20.1 Å². The van der Waals surface area contributed by atoms with Crippen molar-refractivity contribution in [2.45, 2.75) is 50.5 Å². The van der Waals surface area contributed by atoms with Crippen molar-refractivity contribution in [2.75, 3.05) is 10.6 Å². The van der Waals surface area contributed by atoms with E-state index in [0.29, 0.717) is 33.8 Å². The zero-order chi connectivity index (χ0) is 20.0. The number of hydrogen-bond donors (Lipinski definition) is 3. The summed E-state index contributed by atoms with van der Waals surface area (Å²) in [6, 6.07) is 7.41. The first-order chi connectivity index (χ1) is 14.0. The van der Waals surface area contributed by atoms with Crippen molar-refractivity contribution >= 4 is 40.9 Å². The topological polar surface area (TPSA) is 91.4 Å². The zero-order valence-corrected chi connectivity index (χ0v) is 17.4. The third kappa shape index (κ3) is 4.31. The van der Waals surface area contributed by atoms with Gasteiger partial charge in [0.2, 0.25) is 11.9 Å². The Morgan fingerprint density at radius 3 is 2.48 bits per heavy atom. The minimum absolute atomic E-state index is 0.0890. The van der Waals surface area contributed by atoms with Gasteiger partial charge in [0.05, 0.1) is 6.04 Å². The summed E-state index contributed by atoms with van der Waals surface area (Å²) in [6.45, 7) is 2.01. The van der Waals surface area contributed by atoms with Gasteiger partial charge in [0.1, 0.15) is 5.82 Å². The molecule has 2 aliphatic rings. The number of hydrogen-bond acceptors (Lipinski definition) is 6. The van der Waals surface area contributed by atoms with E-state index in [9.17, 15) is 0 Å². The van der Waals surface area contributed by atoms with E-state index < -0.39 is 0 Å². The SMILES string of the molecule is CC(Nc1nc(Nc2cc(C3CC3)[nH]n2)nc(C2CC2)n1)c1ccc(Cl)cc1Cl. The molecule has 0 spiro atoms. The molecular weight excluding hydrogens is 409 g/mol. The van der Waals surface area contributed by atoms with Crippen LogP contribution in [0.5, 0.6) is 0 Å². The lowest BCUT2D eigenvalue weighted by atomic mass is 10.1. The standard InChI is InChI=1S/C20H21Cl2N7/c1-10(14-7-6-13(21)8-15(14)22)23-19-25-18(12-4-5-12)26-20(27-19)24-17-9-16(28-29-17)11-2-3-11/h6-12H,2-5H2,1H3,(H3,23,24,25,26,27,28,29). The summed E-state index contributed by atoms with van der Waals surface area (Å²) < 4.78 is 0. The Bertz CT molecular complexity index is 1040. The van der Waals surface area contributed by atoms with Crippen LogP contribution in [0, 0.1) is 0 Å². The van der Waals surface area contributed by atoms with E-state index in [-0.39, 0.29) is 6.04 Å². The molecule has 0 amide bonds. The second kappa shape index (κ2) is 7.46. The van der Waals surface area contributed by atoms with Crippen LogP contribution in [0.4, 0.5) is 17.7 Å². The molecule has 2 aromatic heterocycles. The molecular formula is C20H21Cl2N7. The maximum atomic E-state index is 6.35. The van der Waals surface area contributed by atoms with Crippen LogP contribution in [0.25, 0.3) is 0 Å². The Labute approximate surface area is 178 Å². The quantitative estimate of drug-likeness (QED) is 0.454. The highest BCUT2D eigenvalue weighted by atomic mass is 35.5. The number of nitrogens with one attached hydrogen (secondary N) is 3. The Kier molecular flexibility index (Phi) is 4.80. The van der Waals surface area contributed by atoms with E-state index in [2.05, 4.69) is 35.8 Å². The third-order valence-electron chi connectivity index (χ3n) is 5.22. The monoisotopic (exact) mass is 429 g/mol. The highest BCUT2D eigenvalue weighted by Gasteiger charge is 2.29. The Hall–Kier alpha value is -2.38.